The largest absolute Gasteiger partial charge is 0.382 e. The van der Waals surface area contributed by atoms with E-state index in [1.54, 1.807) is 0 Å². The Bertz CT molecular complexity index is 739. The molecule has 3 aromatic rings. The lowest BCUT2D eigenvalue weighted by Crippen LogP contribution is -1.91. The Kier molecular flexibility index (Phi) is 2.94. The van der Waals surface area contributed by atoms with E-state index in [4.69, 9.17) is 5.73 Å². The number of rotatable bonds is 1. The normalized spacial score (nSPS) is 11.0. The van der Waals surface area contributed by atoms with E-state index >= 15 is 0 Å². The van der Waals surface area contributed by atoms with E-state index in [9.17, 15) is 0 Å². The smallest absolute Gasteiger partial charge is 0.183 e. The summed E-state index contributed by atoms with van der Waals surface area (Å²) < 4.78 is 2.10. The van der Waals surface area contributed by atoms with Crippen LogP contribution in [-0.4, -0.2) is 19.9 Å². The van der Waals surface area contributed by atoms with Gasteiger partial charge in [0.1, 0.15) is 17.7 Å². The van der Waals surface area contributed by atoms with Crippen molar-refractivity contribution >= 4 is 55.5 Å². The summed E-state index contributed by atoms with van der Waals surface area (Å²) in [5.74, 6) is 1.15. The van der Waals surface area contributed by atoms with Crippen LogP contribution in [0.5, 0.6) is 0 Å². The lowest BCUT2D eigenvalue weighted by molar-refractivity contribution is 1.21. The van der Waals surface area contributed by atoms with Crippen LogP contribution >= 0.6 is 38.5 Å². The SMILES string of the molecule is Nc1ncnc2nc(-c3cc(Br)ccc3I)[nH]c12. The maximum absolute atomic E-state index is 5.78. The predicted octanol–water partition coefficient (Wildman–Crippen LogP) is 2.97. The fraction of sp³-hybridized carbons (Fsp3) is 0. The van der Waals surface area contributed by atoms with Gasteiger partial charge in [-0.3, -0.25) is 0 Å². The van der Waals surface area contributed by atoms with Crippen LogP contribution in [0.25, 0.3) is 22.6 Å². The van der Waals surface area contributed by atoms with Crippen molar-refractivity contribution in [2.45, 2.75) is 0 Å². The summed E-state index contributed by atoms with van der Waals surface area (Å²) in [6, 6.07) is 6.01. The third-order valence-electron chi connectivity index (χ3n) is 2.50. The van der Waals surface area contributed by atoms with E-state index in [-0.39, 0.29) is 0 Å². The second-order valence-corrected chi connectivity index (χ2v) is 5.74. The van der Waals surface area contributed by atoms with Crippen molar-refractivity contribution in [1.82, 2.24) is 19.9 Å². The van der Waals surface area contributed by atoms with Crippen molar-refractivity contribution in [2.75, 3.05) is 5.73 Å². The highest BCUT2D eigenvalue weighted by molar-refractivity contribution is 14.1. The maximum atomic E-state index is 5.78. The number of anilines is 1. The monoisotopic (exact) mass is 415 g/mol. The van der Waals surface area contributed by atoms with Crippen molar-refractivity contribution in [3.05, 3.63) is 32.6 Å². The molecule has 2 aromatic heterocycles. The molecule has 0 saturated heterocycles. The van der Waals surface area contributed by atoms with Crippen molar-refractivity contribution in [3.8, 4) is 11.4 Å². The molecule has 0 spiro atoms. The Hall–Kier alpha value is -1.22. The molecular formula is C11H7BrIN5. The number of nitrogens with zero attached hydrogens (tertiary/aromatic N) is 3. The lowest BCUT2D eigenvalue weighted by atomic mass is 10.2. The van der Waals surface area contributed by atoms with Crippen LogP contribution < -0.4 is 5.73 Å². The fourth-order valence-electron chi connectivity index (χ4n) is 1.65. The first-order valence-corrected chi connectivity index (χ1v) is 6.94. The Morgan fingerprint density at radius 1 is 1.28 bits per heavy atom. The number of halogens is 2. The minimum absolute atomic E-state index is 0.406. The molecule has 0 bridgehead atoms. The number of benzene rings is 1. The first-order chi connectivity index (χ1) is 8.65. The molecule has 3 N–H and O–H groups in total. The number of hydrogen-bond donors (Lipinski definition) is 2. The summed E-state index contributed by atoms with van der Waals surface area (Å²) >= 11 is 5.72. The van der Waals surface area contributed by atoms with Crippen molar-refractivity contribution in [2.24, 2.45) is 0 Å². The lowest BCUT2D eigenvalue weighted by Gasteiger charge is -2.01. The molecule has 0 saturated carbocycles. The van der Waals surface area contributed by atoms with Crippen molar-refractivity contribution in [3.63, 3.8) is 0 Å². The predicted molar refractivity (Wildman–Crippen MR) is 81.9 cm³/mol. The zero-order chi connectivity index (χ0) is 12.7. The number of H-pyrrole nitrogens is 1. The highest BCUT2D eigenvalue weighted by Gasteiger charge is 2.11. The molecule has 0 aliphatic rings. The van der Waals surface area contributed by atoms with Crippen LogP contribution in [0.3, 0.4) is 0 Å². The number of hydrogen-bond acceptors (Lipinski definition) is 4. The van der Waals surface area contributed by atoms with E-state index in [2.05, 4.69) is 58.5 Å². The van der Waals surface area contributed by atoms with Crippen molar-refractivity contribution in [1.29, 1.82) is 0 Å². The summed E-state index contributed by atoms with van der Waals surface area (Å²) in [6.45, 7) is 0. The molecule has 90 valence electrons. The minimum atomic E-state index is 0.406. The van der Waals surface area contributed by atoms with Gasteiger partial charge in [-0.1, -0.05) is 15.9 Å². The number of aromatic nitrogens is 4. The molecular weight excluding hydrogens is 409 g/mol. The van der Waals surface area contributed by atoms with E-state index in [0.717, 1.165) is 19.4 Å². The summed E-state index contributed by atoms with van der Waals surface area (Å²) in [5, 5.41) is 0. The Labute approximate surface area is 125 Å². The van der Waals surface area contributed by atoms with Gasteiger partial charge in [-0.25, -0.2) is 15.0 Å². The minimum Gasteiger partial charge on any atom is -0.382 e. The fourth-order valence-corrected chi connectivity index (χ4v) is 2.60. The molecule has 0 amide bonds. The van der Waals surface area contributed by atoms with Crippen LogP contribution in [0.2, 0.25) is 0 Å². The summed E-state index contributed by atoms with van der Waals surface area (Å²) in [4.78, 5) is 15.6. The third-order valence-corrected chi connectivity index (χ3v) is 3.94. The van der Waals surface area contributed by atoms with Gasteiger partial charge in [-0.05, 0) is 40.8 Å². The highest BCUT2D eigenvalue weighted by atomic mass is 127. The van der Waals surface area contributed by atoms with Gasteiger partial charge in [0.25, 0.3) is 0 Å². The second kappa shape index (κ2) is 4.47. The van der Waals surface area contributed by atoms with E-state index in [1.807, 2.05) is 18.2 Å². The van der Waals surface area contributed by atoms with Gasteiger partial charge >= 0.3 is 0 Å². The summed E-state index contributed by atoms with van der Waals surface area (Å²) in [7, 11) is 0. The standard InChI is InChI=1S/C11H7BrIN5/c12-5-1-2-7(13)6(3-5)10-17-8-9(14)15-4-16-11(8)18-10/h1-4H,(H3,14,15,16,17,18). The van der Waals surface area contributed by atoms with Gasteiger partial charge in [0.15, 0.2) is 11.5 Å². The van der Waals surface area contributed by atoms with Gasteiger partial charge < -0.3 is 10.7 Å². The van der Waals surface area contributed by atoms with E-state index < -0.39 is 0 Å². The number of imidazole rings is 1. The zero-order valence-corrected chi connectivity index (χ0v) is 12.7. The maximum Gasteiger partial charge on any atom is 0.183 e. The Balaban J connectivity index is 2.26. The molecule has 0 atom stereocenters. The number of nitrogens with two attached hydrogens (primary N) is 1. The van der Waals surface area contributed by atoms with Gasteiger partial charge in [0.05, 0.1) is 0 Å². The topological polar surface area (TPSA) is 80.5 Å². The van der Waals surface area contributed by atoms with Crippen LogP contribution in [0.15, 0.2) is 29.0 Å². The first kappa shape index (κ1) is 11.8. The third kappa shape index (κ3) is 1.97. The molecule has 5 nitrogen and oxygen atoms in total. The van der Waals surface area contributed by atoms with Gasteiger partial charge in [-0.2, -0.15) is 0 Å². The van der Waals surface area contributed by atoms with Crippen molar-refractivity contribution < 1.29 is 0 Å². The highest BCUT2D eigenvalue weighted by Crippen LogP contribution is 2.28. The zero-order valence-electron chi connectivity index (χ0n) is 8.98. The quantitative estimate of drug-likeness (QED) is 0.598. The number of nitrogens with one attached hydrogen (secondary N) is 1. The van der Waals surface area contributed by atoms with Gasteiger partial charge in [0, 0.05) is 13.6 Å². The molecule has 0 fully saturated rings. The number of nitrogen functional groups attached to an aromatic ring is 1. The molecule has 0 aliphatic carbocycles. The van der Waals surface area contributed by atoms with Crippen LogP contribution in [-0.2, 0) is 0 Å². The summed E-state index contributed by atoms with van der Waals surface area (Å²) in [5.41, 5.74) is 8.03. The molecule has 0 radical (unpaired) electrons. The number of fused-ring (bicyclic) bond motifs is 1. The van der Waals surface area contributed by atoms with Crippen LogP contribution in [0, 0.1) is 3.57 Å². The molecule has 3 rings (SSSR count). The van der Waals surface area contributed by atoms with Gasteiger partial charge in [-0.15, -0.1) is 0 Å². The van der Waals surface area contributed by atoms with Gasteiger partial charge in [0.2, 0.25) is 0 Å². The molecule has 0 unspecified atom stereocenters. The average Bonchev–Trinajstić information content (AvgIpc) is 2.77. The molecule has 0 aliphatic heterocycles. The summed E-state index contributed by atoms with van der Waals surface area (Å²) in [6.07, 6.45) is 1.41. The molecule has 7 heteroatoms. The molecule has 1 aromatic carbocycles. The van der Waals surface area contributed by atoms with E-state index in [0.29, 0.717) is 17.0 Å². The molecule has 2 heterocycles. The Morgan fingerprint density at radius 2 is 2.11 bits per heavy atom. The second-order valence-electron chi connectivity index (χ2n) is 3.67. The molecule has 18 heavy (non-hydrogen) atoms. The van der Waals surface area contributed by atoms with Crippen LogP contribution in [0.1, 0.15) is 0 Å². The van der Waals surface area contributed by atoms with Crippen LogP contribution in [0.4, 0.5) is 5.82 Å². The van der Waals surface area contributed by atoms with E-state index in [1.165, 1.54) is 6.33 Å². The Morgan fingerprint density at radius 3 is 2.89 bits per heavy atom. The first-order valence-electron chi connectivity index (χ1n) is 5.07. The average molecular weight is 416 g/mol. The number of aromatic amines is 1.